The van der Waals surface area contributed by atoms with E-state index in [1.54, 1.807) is 0 Å². The van der Waals surface area contributed by atoms with Crippen LogP contribution in [0, 0.1) is 33.6 Å². The van der Waals surface area contributed by atoms with Gasteiger partial charge in [0.25, 0.3) is 0 Å². The molecule has 1 saturated heterocycles. The first-order valence-corrected chi connectivity index (χ1v) is 14.8. The molecule has 1 aromatic heterocycles. The Kier molecular flexibility index (Phi) is 8.94. The summed E-state index contributed by atoms with van der Waals surface area (Å²) in [7, 11) is 0. The number of guanidine groups is 1. The highest BCUT2D eigenvalue weighted by atomic mass is 32.1. The molecule has 0 radical (unpaired) electrons. The summed E-state index contributed by atoms with van der Waals surface area (Å²) in [6.45, 7) is 9.39. The van der Waals surface area contributed by atoms with Gasteiger partial charge in [0.2, 0.25) is 17.0 Å². The zero-order valence-corrected chi connectivity index (χ0v) is 25.4. The van der Waals surface area contributed by atoms with Gasteiger partial charge >= 0.3 is 0 Å². The summed E-state index contributed by atoms with van der Waals surface area (Å²) < 4.78 is 0. The summed E-state index contributed by atoms with van der Waals surface area (Å²) in [6, 6.07) is 28.0. The van der Waals surface area contributed by atoms with E-state index in [2.05, 4.69) is 45.4 Å². The molecule has 0 atom stereocenters. The fourth-order valence-corrected chi connectivity index (χ4v) is 5.91. The van der Waals surface area contributed by atoms with Crippen molar-refractivity contribution in [3.05, 3.63) is 119 Å². The van der Waals surface area contributed by atoms with Crippen molar-refractivity contribution >= 4 is 34.9 Å². The van der Waals surface area contributed by atoms with E-state index < -0.39 is 5.60 Å². The molecule has 0 bridgehead atoms. The smallest absolute Gasteiger partial charge is 0.229 e. The van der Waals surface area contributed by atoms with Crippen LogP contribution in [0.2, 0.25) is 0 Å². The Morgan fingerprint density at radius 2 is 1.40 bits per heavy atom. The number of nitrogens with zero attached hydrogens (tertiary/aromatic N) is 4. The lowest BCUT2D eigenvalue weighted by Gasteiger charge is -2.43. The monoisotopic (exact) mass is 578 g/mol. The Labute approximate surface area is 253 Å². The molecule has 42 heavy (non-hydrogen) atoms. The maximum absolute atomic E-state index is 12.3. The summed E-state index contributed by atoms with van der Waals surface area (Å²) in [6.07, 6.45) is 1.51. The topological polar surface area (TPSA) is 85.7 Å². The molecule has 216 valence electrons. The number of aliphatic imine (C=N–C) groups is 1. The van der Waals surface area contributed by atoms with Crippen molar-refractivity contribution in [2.24, 2.45) is 10.9 Å². The predicted octanol–water partition coefficient (Wildman–Crippen LogP) is 6.52. The van der Waals surface area contributed by atoms with Crippen molar-refractivity contribution < 1.29 is 5.11 Å². The number of hydrogen-bond acceptors (Lipinski definition) is 4. The third-order valence-corrected chi connectivity index (χ3v) is 8.27. The van der Waals surface area contributed by atoms with Crippen LogP contribution in [0.3, 0.4) is 0 Å². The average Bonchev–Trinajstić information content (AvgIpc) is 2.99. The van der Waals surface area contributed by atoms with Crippen molar-refractivity contribution in [1.82, 2.24) is 14.9 Å². The van der Waals surface area contributed by atoms with Gasteiger partial charge in [0.1, 0.15) is 5.60 Å². The van der Waals surface area contributed by atoms with Crippen LogP contribution in [0.1, 0.15) is 46.5 Å². The maximum atomic E-state index is 12.3. The number of nitrogens with one attached hydrogen (secondary N) is 2. The highest BCUT2D eigenvalue weighted by molar-refractivity contribution is 7.80. The fourth-order valence-electron chi connectivity index (χ4n) is 5.72. The van der Waals surface area contributed by atoms with E-state index in [0.717, 1.165) is 46.6 Å². The quantitative estimate of drug-likeness (QED) is 0.141. The lowest BCUT2D eigenvalue weighted by molar-refractivity contribution is -0.00653. The first-order chi connectivity index (χ1) is 20.2. The lowest BCUT2D eigenvalue weighted by Crippen LogP contribution is -2.48. The maximum Gasteiger partial charge on any atom is 0.229 e. The molecule has 0 amide bonds. The number of anilines is 2. The molecule has 0 saturated carbocycles. The number of aliphatic hydroxyl groups is 1. The molecule has 0 spiro atoms. The summed E-state index contributed by atoms with van der Waals surface area (Å²) >= 11 is 5.72. The zero-order chi connectivity index (χ0) is 29.7. The largest absolute Gasteiger partial charge is 0.380 e. The minimum absolute atomic E-state index is 0.0114. The second-order valence-electron chi connectivity index (χ2n) is 11.0. The molecule has 1 fully saturated rings. The molecule has 3 aromatic carbocycles. The van der Waals surface area contributed by atoms with E-state index in [0.29, 0.717) is 30.1 Å². The van der Waals surface area contributed by atoms with Crippen LogP contribution in [0.5, 0.6) is 0 Å². The van der Waals surface area contributed by atoms with Crippen molar-refractivity contribution in [2.45, 2.75) is 46.1 Å². The van der Waals surface area contributed by atoms with Crippen LogP contribution in [0.25, 0.3) is 0 Å². The lowest BCUT2D eigenvalue weighted by atomic mass is 9.72. The third kappa shape index (κ3) is 6.50. The van der Waals surface area contributed by atoms with Gasteiger partial charge in [0.15, 0.2) is 0 Å². The van der Waals surface area contributed by atoms with Crippen molar-refractivity contribution in [2.75, 3.05) is 23.7 Å². The standard InChI is InChI=1S/C34H38N6OS/c1-23-12-11-17-30(26(23)4)37-33(42)39-32(38-31-35-24(2)22-25(3)36-31)40-20-18-29(19-21-40)34(41,27-13-7-5-8-14-27)28-15-9-6-10-16-28/h5-17,22,29,41H,18-21H2,1-4H3,(H2,35,36,37,38,39,42). The van der Waals surface area contributed by atoms with E-state index in [-0.39, 0.29) is 5.92 Å². The SMILES string of the molecule is Cc1cc(C)nc(N/C(=N/C(=S)Nc2cccc(C)c2C)N2CCC(C(O)(c3ccccc3)c3ccccc3)CC2)n1. The van der Waals surface area contributed by atoms with Gasteiger partial charge in [-0.3, -0.25) is 5.32 Å². The Bertz CT molecular complexity index is 1510. The molecule has 8 heteroatoms. The molecule has 7 nitrogen and oxygen atoms in total. The Morgan fingerprint density at radius 3 is 1.98 bits per heavy atom. The van der Waals surface area contributed by atoms with Crippen LogP contribution in [-0.4, -0.2) is 44.1 Å². The van der Waals surface area contributed by atoms with Gasteiger partial charge < -0.3 is 15.3 Å². The van der Waals surface area contributed by atoms with Crippen molar-refractivity contribution in [3.8, 4) is 0 Å². The summed E-state index contributed by atoms with van der Waals surface area (Å²) in [5, 5.41) is 19.3. The minimum Gasteiger partial charge on any atom is -0.380 e. The van der Waals surface area contributed by atoms with E-state index >= 15 is 0 Å². The minimum atomic E-state index is -1.10. The summed E-state index contributed by atoms with van der Waals surface area (Å²) in [5.74, 6) is 1.08. The molecule has 0 unspecified atom stereocenters. The Morgan fingerprint density at radius 1 is 0.833 bits per heavy atom. The summed E-state index contributed by atoms with van der Waals surface area (Å²) in [5.41, 5.74) is 5.69. The molecular weight excluding hydrogens is 540 g/mol. The molecule has 2 heterocycles. The second-order valence-corrected chi connectivity index (χ2v) is 11.4. The van der Waals surface area contributed by atoms with Gasteiger partial charge in [-0.2, -0.15) is 4.99 Å². The van der Waals surface area contributed by atoms with Crippen LogP contribution in [0.4, 0.5) is 11.6 Å². The van der Waals surface area contributed by atoms with Crippen molar-refractivity contribution in [3.63, 3.8) is 0 Å². The number of likely N-dealkylation sites (tertiary alicyclic amines) is 1. The molecule has 0 aliphatic carbocycles. The Balaban J connectivity index is 1.42. The second kappa shape index (κ2) is 12.8. The molecule has 1 aliphatic heterocycles. The number of aryl methyl sites for hydroxylation is 3. The van der Waals surface area contributed by atoms with E-state index in [4.69, 9.17) is 17.2 Å². The normalized spacial score (nSPS) is 14.5. The molecule has 3 N–H and O–H groups in total. The van der Waals surface area contributed by atoms with E-state index in [1.807, 2.05) is 92.7 Å². The van der Waals surface area contributed by atoms with Gasteiger partial charge in [-0.05, 0) is 93.1 Å². The van der Waals surface area contributed by atoms with Gasteiger partial charge in [-0.25, -0.2) is 9.97 Å². The van der Waals surface area contributed by atoms with E-state index in [1.165, 1.54) is 5.56 Å². The molecule has 1 aliphatic rings. The fraction of sp³-hybridized carbons (Fsp3) is 0.294. The molecule has 4 aromatic rings. The molecular formula is C34H38N6OS. The van der Waals surface area contributed by atoms with Gasteiger partial charge in [0.05, 0.1) is 0 Å². The van der Waals surface area contributed by atoms with Gasteiger partial charge in [0, 0.05) is 30.2 Å². The number of aromatic nitrogens is 2. The number of rotatable bonds is 5. The van der Waals surface area contributed by atoms with Crippen LogP contribution in [0.15, 0.2) is 89.9 Å². The highest BCUT2D eigenvalue weighted by Gasteiger charge is 2.42. The number of hydrogen-bond donors (Lipinski definition) is 3. The van der Waals surface area contributed by atoms with Crippen LogP contribution < -0.4 is 10.6 Å². The molecule has 5 rings (SSSR count). The number of benzene rings is 3. The van der Waals surface area contributed by atoms with Crippen LogP contribution in [-0.2, 0) is 5.60 Å². The first-order valence-electron chi connectivity index (χ1n) is 14.4. The summed E-state index contributed by atoms with van der Waals surface area (Å²) in [4.78, 5) is 16.2. The highest BCUT2D eigenvalue weighted by Crippen LogP contribution is 2.42. The number of piperidine rings is 1. The van der Waals surface area contributed by atoms with Gasteiger partial charge in [-0.1, -0.05) is 72.8 Å². The predicted molar refractivity (Wildman–Crippen MR) is 175 cm³/mol. The van der Waals surface area contributed by atoms with Gasteiger partial charge in [-0.15, -0.1) is 0 Å². The number of thiocarbonyl (C=S) groups is 1. The first kappa shape index (κ1) is 29.4. The van der Waals surface area contributed by atoms with Crippen LogP contribution >= 0.6 is 12.2 Å². The third-order valence-electron chi connectivity index (χ3n) is 8.07. The van der Waals surface area contributed by atoms with E-state index in [9.17, 15) is 5.11 Å². The Hall–Kier alpha value is -4.14. The van der Waals surface area contributed by atoms with Crippen molar-refractivity contribution in [1.29, 1.82) is 0 Å². The zero-order valence-electron chi connectivity index (χ0n) is 24.6. The average molecular weight is 579 g/mol.